The normalized spacial score (nSPS) is 10.4. The van der Waals surface area contributed by atoms with Crippen molar-refractivity contribution < 1.29 is 4.74 Å². The first kappa shape index (κ1) is 19.5. The van der Waals surface area contributed by atoms with Crippen LogP contribution in [0.25, 0.3) is 0 Å². The van der Waals surface area contributed by atoms with Crippen molar-refractivity contribution >= 4 is 28.8 Å². The number of nitrogens with one attached hydrogen (secondary N) is 2. The summed E-state index contributed by atoms with van der Waals surface area (Å²) in [7, 11) is 1.64. The molecule has 3 aromatic rings. The summed E-state index contributed by atoms with van der Waals surface area (Å²) in [5.41, 5.74) is 4.25. The second-order valence-corrected chi connectivity index (χ2v) is 6.39. The number of hydrogen-bond acceptors (Lipinski definition) is 6. The van der Waals surface area contributed by atoms with E-state index in [-0.39, 0.29) is 0 Å². The Balaban J connectivity index is 1.78. The van der Waals surface area contributed by atoms with Gasteiger partial charge in [0.25, 0.3) is 0 Å². The van der Waals surface area contributed by atoms with Crippen molar-refractivity contribution in [3.8, 4) is 5.75 Å². The number of methoxy groups -OCH3 is 1. The molecule has 6 heteroatoms. The molecule has 0 saturated carbocycles. The minimum Gasteiger partial charge on any atom is -0.495 e. The van der Waals surface area contributed by atoms with E-state index in [0.29, 0.717) is 5.95 Å². The molecule has 0 bridgehead atoms. The molecule has 2 aromatic carbocycles. The van der Waals surface area contributed by atoms with Crippen LogP contribution in [0.1, 0.15) is 19.4 Å². The van der Waals surface area contributed by atoms with Crippen LogP contribution in [-0.2, 0) is 0 Å². The van der Waals surface area contributed by atoms with Gasteiger partial charge in [-0.2, -0.15) is 4.98 Å². The first-order valence-electron chi connectivity index (χ1n) is 9.50. The second kappa shape index (κ2) is 9.08. The number of anilines is 5. The van der Waals surface area contributed by atoms with Crippen molar-refractivity contribution in [2.75, 3.05) is 35.7 Å². The number of ether oxygens (including phenoxy) is 1. The number of benzene rings is 2. The highest BCUT2D eigenvalue weighted by Crippen LogP contribution is 2.27. The fourth-order valence-corrected chi connectivity index (χ4v) is 3.07. The number of para-hydroxylation sites is 2. The topological polar surface area (TPSA) is 62.3 Å². The third-order valence-corrected chi connectivity index (χ3v) is 4.61. The van der Waals surface area contributed by atoms with Crippen molar-refractivity contribution in [3.63, 3.8) is 0 Å². The van der Waals surface area contributed by atoms with Crippen LogP contribution in [0.4, 0.5) is 28.8 Å². The van der Waals surface area contributed by atoms with Gasteiger partial charge in [0.1, 0.15) is 11.6 Å². The van der Waals surface area contributed by atoms with Gasteiger partial charge in [0.15, 0.2) is 0 Å². The van der Waals surface area contributed by atoms with E-state index in [9.17, 15) is 0 Å². The Hall–Kier alpha value is -3.28. The number of nitrogens with zero attached hydrogens (tertiary/aromatic N) is 3. The fourth-order valence-electron chi connectivity index (χ4n) is 3.07. The first-order chi connectivity index (χ1) is 13.6. The highest BCUT2D eigenvalue weighted by Gasteiger charge is 2.08. The zero-order valence-electron chi connectivity index (χ0n) is 16.9. The Labute approximate surface area is 166 Å². The van der Waals surface area contributed by atoms with Gasteiger partial charge >= 0.3 is 0 Å². The lowest BCUT2D eigenvalue weighted by Gasteiger charge is -2.22. The fraction of sp³-hybridized carbons (Fsp3) is 0.273. The molecule has 0 amide bonds. The molecule has 0 atom stereocenters. The molecule has 0 spiro atoms. The first-order valence-corrected chi connectivity index (χ1v) is 9.50. The number of rotatable bonds is 8. The summed E-state index contributed by atoms with van der Waals surface area (Å²) in [5, 5.41) is 6.60. The third kappa shape index (κ3) is 4.52. The molecule has 28 heavy (non-hydrogen) atoms. The van der Waals surface area contributed by atoms with Crippen LogP contribution in [0, 0.1) is 6.92 Å². The van der Waals surface area contributed by atoms with E-state index in [1.54, 1.807) is 13.3 Å². The van der Waals surface area contributed by atoms with Crippen LogP contribution >= 0.6 is 0 Å². The molecule has 0 aliphatic heterocycles. The maximum Gasteiger partial charge on any atom is 0.229 e. The molecule has 0 aliphatic carbocycles. The molecule has 0 saturated heterocycles. The summed E-state index contributed by atoms with van der Waals surface area (Å²) in [6.07, 6.45) is 1.73. The Morgan fingerprint density at radius 2 is 1.75 bits per heavy atom. The molecule has 1 aromatic heterocycles. The zero-order chi connectivity index (χ0) is 19.9. The van der Waals surface area contributed by atoms with Gasteiger partial charge < -0.3 is 20.3 Å². The van der Waals surface area contributed by atoms with E-state index in [4.69, 9.17) is 4.74 Å². The van der Waals surface area contributed by atoms with Crippen molar-refractivity contribution in [3.05, 3.63) is 60.3 Å². The number of hydrogen-bond donors (Lipinski definition) is 2. The molecule has 0 aliphatic rings. The van der Waals surface area contributed by atoms with E-state index in [1.807, 2.05) is 30.3 Å². The highest BCUT2D eigenvalue weighted by atomic mass is 16.5. The Morgan fingerprint density at radius 1 is 0.964 bits per heavy atom. The quantitative estimate of drug-likeness (QED) is 0.568. The van der Waals surface area contributed by atoms with E-state index in [1.165, 1.54) is 11.3 Å². The Kier molecular flexibility index (Phi) is 6.32. The summed E-state index contributed by atoms with van der Waals surface area (Å²) in [4.78, 5) is 11.2. The average Bonchev–Trinajstić information content (AvgIpc) is 2.71. The third-order valence-electron chi connectivity index (χ3n) is 4.61. The predicted molar refractivity (Wildman–Crippen MR) is 116 cm³/mol. The van der Waals surface area contributed by atoms with E-state index in [2.05, 4.69) is 64.5 Å². The predicted octanol–water partition coefficient (Wildman–Crippen LogP) is 5.13. The lowest BCUT2D eigenvalue weighted by Crippen LogP contribution is -2.21. The zero-order valence-corrected chi connectivity index (χ0v) is 16.9. The monoisotopic (exact) mass is 377 g/mol. The molecular weight excluding hydrogens is 350 g/mol. The summed E-state index contributed by atoms with van der Waals surface area (Å²) in [6.45, 7) is 8.42. The van der Waals surface area contributed by atoms with Crippen molar-refractivity contribution in [1.82, 2.24) is 9.97 Å². The van der Waals surface area contributed by atoms with Crippen molar-refractivity contribution in [2.24, 2.45) is 0 Å². The van der Waals surface area contributed by atoms with Crippen LogP contribution in [0.15, 0.2) is 54.7 Å². The molecule has 2 N–H and O–H groups in total. The smallest absolute Gasteiger partial charge is 0.229 e. The van der Waals surface area contributed by atoms with Gasteiger partial charge in [-0.05, 0) is 62.7 Å². The molecule has 3 rings (SSSR count). The SMILES string of the molecule is CCN(CC)c1ccc(Nc2ccnc(Nc3ccccc3OC)n2)c(C)c1. The molecule has 0 fully saturated rings. The summed E-state index contributed by atoms with van der Waals surface area (Å²) in [6, 6.07) is 16.0. The molecule has 0 unspecified atom stereocenters. The maximum absolute atomic E-state index is 5.37. The molecular formula is C22H27N5O. The van der Waals surface area contributed by atoms with Gasteiger partial charge in [0.05, 0.1) is 12.8 Å². The van der Waals surface area contributed by atoms with Crippen LogP contribution in [0.5, 0.6) is 5.75 Å². The lowest BCUT2D eigenvalue weighted by atomic mass is 10.1. The van der Waals surface area contributed by atoms with Gasteiger partial charge in [0, 0.05) is 30.7 Å². The average molecular weight is 377 g/mol. The van der Waals surface area contributed by atoms with Gasteiger partial charge in [-0.25, -0.2) is 4.98 Å². The Morgan fingerprint density at radius 3 is 2.46 bits per heavy atom. The molecule has 1 heterocycles. The lowest BCUT2D eigenvalue weighted by molar-refractivity contribution is 0.417. The summed E-state index contributed by atoms with van der Waals surface area (Å²) < 4.78 is 5.37. The highest BCUT2D eigenvalue weighted by molar-refractivity contribution is 5.67. The minimum atomic E-state index is 0.506. The van der Waals surface area contributed by atoms with Gasteiger partial charge in [0.2, 0.25) is 5.95 Å². The minimum absolute atomic E-state index is 0.506. The second-order valence-electron chi connectivity index (χ2n) is 6.39. The van der Waals surface area contributed by atoms with E-state index in [0.717, 1.165) is 36.0 Å². The molecule has 6 nitrogen and oxygen atoms in total. The summed E-state index contributed by atoms with van der Waals surface area (Å²) >= 11 is 0. The Bertz CT molecular complexity index is 924. The maximum atomic E-state index is 5.37. The van der Waals surface area contributed by atoms with Gasteiger partial charge in [-0.3, -0.25) is 0 Å². The van der Waals surface area contributed by atoms with Crippen molar-refractivity contribution in [1.29, 1.82) is 0 Å². The number of aryl methyl sites for hydroxylation is 1. The number of aromatic nitrogens is 2. The molecule has 0 radical (unpaired) electrons. The largest absolute Gasteiger partial charge is 0.495 e. The summed E-state index contributed by atoms with van der Waals surface area (Å²) in [5.74, 6) is 1.98. The van der Waals surface area contributed by atoms with Gasteiger partial charge in [-0.1, -0.05) is 12.1 Å². The van der Waals surface area contributed by atoms with Crippen LogP contribution in [-0.4, -0.2) is 30.2 Å². The van der Waals surface area contributed by atoms with Gasteiger partial charge in [-0.15, -0.1) is 0 Å². The van der Waals surface area contributed by atoms with E-state index >= 15 is 0 Å². The van der Waals surface area contributed by atoms with Crippen LogP contribution in [0.2, 0.25) is 0 Å². The van der Waals surface area contributed by atoms with Crippen LogP contribution in [0.3, 0.4) is 0 Å². The molecule has 146 valence electrons. The van der Waals surface area contributed by atoms with Crippen LogP contribution < -0.4 is 20.3 Å². The van der Waals surface area contributed by atoms with Crippen molar-refractivity contribution in [2.45, 2.75) is 20.8 Å². The van der Waals surface area contributed by atoms with E-state index < -0.39 is 0 Å². The standard InChI is InChI=1S/C22H27N5O/c1-5-27(6-2)17-11-12-18(16(3)15-17)24-21-13-14-23-22(26-21)25-19-9-7-8-10-20(19)28-4/h7-15H,5-6H2,1-4H3,(H2,23,24,25,26).